The number of rotatable bonds is 9. The van der Waals surface area contributed by atoms with Crippen LogP contribution in [-0.2, 0) is 30.9 Å². The fourth-order valence-corrected chi connectivity index (χ4v) is 8.92. The van der Waals surface area contributed by atoms with E-state index in [4.69, 9.17) is 9.97 Å². The molecule has 10 rings (SSSR count). The first-order chi connectivity index (χ1) is 33.0. The smallest absolute Gasteiger partial charge is 0.305 e. The molecule has 0 aliphatic rings. The molecule has 0 saturated carbocycles. The number of nitrogens with zero attached hydrogens (tertiary/aromatic N) is 3. The Balaban J connectivity index is 0.00000593. The van der Waals surface area contributed by atoms with Crippen LogP contribution in [0.15, 0.2) is 207 Å². The molecule has 0 saturated heterocycles. The van der Waals surface area contributed by atoms with Crippen molar-refractivity contribution in [3.63, 3.8) is 0 Å². The average Bonchev–Trinajstić information content (AvgIpc) is 3.38. The molecule has 0 fully saturated rings. The largest absolute Gasteiger partial charge is 3.00 e. The first-order valence-corrected chi connectivity index (χ1v) is 23.3. The minimum Gasteiger partial charge on any atom is -0.305 e. The van der Waals surface area contributed by atoms with E-state index in [0.29, 0.717) is 0 Å². The molecule has 0 bridgehead atoms. The minimum atomic E-state index is 0. The van der Waals surface area contributed by atoms with Gasteiger partial charge < -0.3 is 15.0 Å². The maximum absolute atomic E-state index is 4.73. The average molecular weight is 1070 g/mol. The van der Waals surface area contributed by atoms with E-state index < -0.39 is 0 Å². The maximum atomic E-state index is 4.73. The molecular weight excluding hydrogens is 1010 g/mol. The Morgan fingerprint density at radius 3 is 0.928 bits per heavy atom. The predicted molar refractivity (Wildman–Crippen MR) is 283 cm³/mol. The summed E-state index contributed by atoms with van der Waals surface area (Å²) >= 11 is 0. The van der Waals surface area contributed by atoms with E-state index in [9.17, 15) is 0 Å². The van der Waals surface area contributed by atoms with E-state index >= 15 is 0 Å². The van der Waals surface area contributed by atoms with Gasteiger partial charge in [-0.3, -0.25) is 0 Å². The molecule has 0 aliphatic heterocycles. The van der Waals surface area contributed by atoms with Crippen LogP contribution in [0.5, 0.6) is 0 Å². The van der Waals surface area contributed by atoms with Gasteiger partial charge in [0.05, 0.1) is 0 Å². The van der Waals surface area contributed by atoms with Crippen LogP contribution in [0.1, 0.15) is 52.7 Å². The van der Waals surface area contributed by atoms with Crippen LogP contribution < -0.4 is 0 Å². The molecule has 4 heteroatoms. The Bertz CT molecular complexity index is 3220. The van der Waals surface area contributed by atoms with E-state index in [1.54, 1.807) is 0 Å². The van der Waals surface area contributed by atoms with Crippen LogP contribution in [0.25, 0.3) is 101 Å². The third-order valence-electron chi connectivity index (χ3n) is 12.8. The molecule has 0 radical (unpaired) electrons. The Labute approximate surface area is 421 Å². The van der Waals surface area contributed by atoms with Crippen molar-refractivity contribution in [2.75, 3.05) is 0 Å². The summed E-state index contributed by atoms with van der Waals surface area (Å²) in [6.45, 7) is 13.4. The molecular formula is C65H52IrN3. The molecule has 0 N–H and O–H groups in total. The summed E-state index contributed by atoms with van der Waals surface area (Å²) in [5, 5.41) is 0. The summed E-state index contributed by atoms with van der Waals surface area (Å²) in [5.74, 6) is 0. The maximum Gasteiger partial charge on any atom is 3.00 e. The number of pyridine rings is 3. The summed E-state index contributed by atoms with van der Waals surface area (Å²) in [6, 6.07) is 77.7. The summed E-state index contributed by atoms with van der Waals surface area (Å²) in [7, 11) is 0. The van der Waals surface area contributed by atoms with Crippen molar-refractivity contribution in [3.8, 4) is 101 Å². The van der Waals surface area contributed by atoms with Gasteiger partial charge in [0, 0.05) is 18.6 Å². The molecule has 0 atom stereocenters. The van der Waals surface area contributed by atoms with Crippen LogP contribution >= 0.6 is 0 Å². The first-order valence-electron chi connectivity index (χ1n) is 23.3. The molecule has 7 aromatic carbocycles. The molecule has 3 aromatic heterocycles. The minimum absolute atomic E-state index is 0. The van der Waals surface area contributed by atoms with Crippen molar-refractivity contribution in [2.45, 2.75) is 52.4 Å². The van der Waals surface area contributed by atoms with Crippen molar-refractivity contribution >= 4 is 0 Å². The summed E-state index contributed by atoms with van der Waals surface area (Å²) < 4.78 is 0. The molecule has 69 heavy (non-hydrogen) atoms. The standard InChI is InChI=1S/C65H52N3.Ir/c1-64(2,3)53-34-37-67-62(42-53)48-30-24-45(25-31-48)56-16-8-11-19-59(56)51-39-50(58-18-10-7-15-55(58)44-22-28-47(29-23-44)61-21-13-14-36-66-61)40-52(41-51)60-20-12-9-17-57(60)46-26-32-49(33-27-46)63-43-54(35-38-68-63)65(4,5)6;/h7-28,30,32,34-43H,1-6H3;/q-3;+3. The van der Waals surface area contributed by atoms with Gasteiger partial charge in [-0.05, 0) is 109 Å². The molecule has 0 amide bonds. The van der Waals surface area contributed by atoms with Gasteiger partial charge in [0.1, 0.15) is 0 Å². The fraction of sp³-hybridized carbons (Fsp3) is 0.123. The Hall–Kier alpha value is -7.36. The third kappa shape index (κ3) is 10.1. The second kappa shape index (κ2) is 19.7. The van der Waals surface area contributed by atoms with Gasteiger partial charge in [-0.1, -0.05) is 172 Å². The van der Waals surface area contributed by atoms with Gasteiger partial charge in [-0.25, -0.2) is 0 Å². The fourth-order valence-electron chi connectivity index (χ4n) is 8.92. The molecule has 336 valence electrons. The van der Waals surface area contributed by atoms with E-state index in [2.05, 4.69) is 235 Å². The molecule has 3 heterocycles. The van der Waals surface area contributed by atoms with E-state index in [1.165, 1.54) is 11.1 Å². The molecule has 0 unspecified atom stereocenters. The van der Waals surface area contributed by atoms with Gasteiger partial charge in [0.15, 0.2) is 0 Å². The number of aromatic nitrogens is 3. The van der Waals surface area contributed by atoms with Crippen LogP contribution in [0.2, 0.25) is 0 Å². The van der Waals surface area contributed by atoms with Gasteiger partial charge in [-0.15, -0.1) is 89.5 Å². The van der Waals surface area contributed by atoms with Crippen molar-refractivity contribution in [2.24, 2.45) is 0 Å². The molecule has 0 aliphatic carbocycles. The molecule has 10 aromatic rings. The second-order valence-corrected chi connectivity index (χ2v) is 19.5. The molecule has 0 spiro atoms. The summed E-state index contributed by atoms with van der Waals surface area (Å²) in [4.78, 5) is 14.0. The van der Waals surface area contributed by atoms with Crippen molar-refractivity contribution < 1.29 is 20.1 Å². The normalized spacial score (nSPS) is 11.5. The Kier molecular flexibility index (Phi) is 13.3. The quantitative estimate of drug-likeness (QED) is 0.135. The van der Waals surface area contributed by atoms with Crippen molar-refractivity contribution in [1.29, 1.82) is 0 Å². The van der Waals surface area contributed by atoms with Crippen molar-refractivity contribution in [3.05, 3.63) is 236 Å². The predicted octanol–water partition coefficient (Wildman–Crippen LogP) is 16.9. The van der Waals surface area contributed by atoms with Gasteiger partial charge >= 0.3 is 20.1 Å². The van der Waals surface area contributed by atoms with E-state index in [-0.39, 0.29) is 30.9 Å². The number of hydrogen-bond acceptors (Lipinski definition) is 3. The third-order valence-corrected chi connectivity index (χ3v) is 12.8. The SMILES string of the molecule is CC(C)(C)c1ccnc(-c2[c-]cc(-c3ccccc3-c3cc(-c4ccccc4-c4c[c-]c(-c5ccccn5)cc4)cc(-c4ccccc4-c4c[c-]c(-c5cc(C(C)(C)C)ccn5)cc4)c3)cc2)c1.[Ir+3]. The monoisotopic (exact) mass is 1070 g/mol. The van der Waals surface area contributed by atoms with Crippen LogP contribution in [0.4, 0.5) is 0 Å². The van der Waals surface area contributed by atoms with E-state index in [0.717, 1.165) is 101 Å². The number of hydrogen-bond donors (Lipinski definition) is 0. The Morgan fingerprint density at radius 2 is 0.623 bits per heavy atom. The molecule has 3 nitrogen and oxygen atoms in total. The summed E-state index contributed by atoms with van der Waals surface area (Å²) in [6.07, 6.45) is 5.63. The van der Waals surface area contributed by atoms with Gasteiger partial charge in [0.2, 0.25) is 0 Å². The van der Waals surface area contributed by atoms with Crippen molar-refractivity contribution in [1.82, 2.24) is 15.0 Å². The topological polar surface area (TPSA) is 38.7 Å². The number of benzene rings is 7. The van der Waals surface area contributed by atoms with Crippen LogP contribution in [0, 0.1) is 18.2 Å². The van der Waals surface area contributed by atoms with Gasteiger partial charge in [-0.2, -0.15) is 0 Å². The zero-order chi connectivity index (χ0) is 46.8. The van der Waals surface area contributed by atoms with E-state index in [1.807, 2.05) is 36.8 Å². The van der Waals surface area contributed by atoms with Crippen LogP contribution in [-0.4, -0.2) is 15.0 Å². The van der Waals surface area contributed by atoms with Crippen LogP contribution in [0.3, 0.4) is 0 Å². The first kappa shape index (κ1) is 46.7. The zero-order valence-electron chi connectivity index (χ0n) is 39.8. The van der Waals surface area contributed by atoms with Gasteiger partial charge in [0.25, 0.3) is 0 Å². The Morgan fingerprint density at radius 1 is 0.304 bits per heavy atom. The summed E-state index contributed by atoms with van der Waals surface area (Å²) in [5.41, 5.74) is 21.6. The zero-order valence-corrected chi connectivity index (χ0v) is 42.2. The second-order valence-electron chi connectivity index (χ2n) is 19.5.